The monoisotopic (exact) mass is 229 g/mol. The summed E-state index contributed by atoms with van der Waals surface area (Å²) in [6, 6.07) is 1.78. The Balaban J connectivity index is 2.49. The normalized spacial score (nSPS) is 10.3. The topological polar surface area (TPSA) is 47.0 Å². The van der Waals surface area contributed by atoms with E-state index in [1.807, 2.05) is 6.92 Å². The summed E-state index contributed by atoms with van der Waals surface area (Å²) in [4.78, 5) is 8.38. The number of aromatic nitrogens is 2. The van der Waals surface area contributed by atoms with E-state index in [4.69, 9.17) is 16.3 Å². The van der Waals surface area contributed by atoms with Gasteiger partial charge in [0.25, 0.3) is 0 Å². The van der Waals surface area contributed by atoms with E-state index in [9.17, 15) is 0 Å². The zero-order chi connectivity index (χ0) is 11.1. The van der Waals surface area contributed by atoms with E-state index >= 15 is 0 Å². The molecule has 0 aliphatic rings. The Morgan fingerprint density at radius 3 is 2.93 bits per heavy atom. The number of halogens is 1. The van der Waals surface area contributed by atoms with Gasteiger partial charge in [0, 0.05) is 26.0 Å². The van der Waals surface area contributed by atoms with Gasteiger partial charge in [0.2, 0.25) is 5.95 Å². The van der Waals surface area contributed by atoms with Crippen molar-refractivity contribution in [2.45, 2.75) is 19.8 Å². The van der Waals surface area contributed by atoms with E-state index in [0.717, 1.165) is 31.7 Å². The van der Waals surface area contributed by atoms with Gasteiger partial charge in [0.05, 0.1) is 0 Å². The molecule has 0 saturated carbocycles. The van der Waals surface area contributed by atoms with Crippen LogP contribution < -0.4 is 5.32 Å². The first-order valence-electron chi connectivity index (χ1n) is 5.02. The number of ether oxygens (including phenoxy) is 1. The molecule has 15 heavy (non-hydrogen) atoms. The molecule has 0 atom stereocenters. The average molecular weight is 230 g/mol. The van der Waals surface area contributed by atoms with Crippen LogP contribution in [0.4, 0.5) is 5.95 Å². The van der Waals surface area contributed by atoms with Gasteiger partial charge in [-0.2, -0.15) is 0 Å². The van der Waals surface area contributed by atoms with Gasteiger partial charge in [-0.1, -0.05) is 18.5 Å². The number of methoxy groups -OCH3 is 1. The minimum absolute atomic E-state index is 0.482. The van der Waals surface area contributed by atoms with Gasteiger partial charge in [-0.3, -0.25) is 0 Å². The van der Waals surface area contributed by atoms with E-state index < -0.39 is 0 Å². The van der Waals surface area contributed by atoms with Gasteiger partial charge in [-0.25, -0.2) is 9.97 Å². The maximum atomic E-state index is 5.85. The van der Waals surface area contributed by atoms with Crippen molar-refractivity contribution in [3.8, 4) is 0 Å². The third kappa shape index (κ3) is 4.44. The van der Waals surface area contributed by atoms with Crippen molar-refractivity contribution in [1.29, 1.82) is 0 Å². The van der Waals surface area contributed by atoms with Crippen LogP contribution in [0.25, 0.3) is 0 Å². The van der Waals surface area contributed by atoms with E-state index in [0.29, 0.717) is 11.1 Å². The van der Waals surface area contributed by atoms with Gasteiger partial charge < -0.3 is 10.1 Å². The smallest absolute Gasteiger partial charge is 0.224 e. The summed E-state index contributed by atoms with van der Waals surface area (Å²) in [6.45, 7) is 3.55. The molecule has 1 heterocycles. The van der Waals surface area contributed by atoms with Crippen molar-refractivity contribution in [2.75, 3.05) is 25.6 Å². The molecule has 1 aromatic heterocycles. The maximum absolute atomic E-state index is 5.85. The molecular formula is C10H16ClN3O. The summed E-state index contributed by atoms with van der Waals surface area (Å²) >= 11 is 5.85. The van der Waals surface area contributed by atoms with E-state index in [2.05, 4.69) is 15.3 Å². The highest BCUT2D eigenvalue weighted by molar-refractivity contribution is 6.29. The second-order valence-electron chi connectivity index (χ2n) is 3.13. The van der Waals surface area contributed by atoms with Gasteiger partial charge >= 0.3 is 0 Å². The summed E-state index contributed by atoms with van der Waals surface area (Å²) < 4.78 is 4.94. The minimum atomic E-state index is 0.482. The van der Waals surface area contributed by atoms with Crippen LogP contribution in [0.3, 0.4) is 0 Å². The van der Waals surface area contributed by atoms with Crippen LogP contribution in [0, 0.1) is 0 Å². The standard InChI is InChI=1S/C10H16ClN3O/c1-3-8-7-9(11)14-10(13-8)12-5-4-6-15-2/h7H,3-6H2,1-2H3,(H,12,13,14). The molecule has 1 rings (SSSR count). The molecule has 0 spiro atoms. The van der Waals surface area contributed by atoms with Gasteiger partial charge in [-0.05, 0) is 18.9 Å². The molecule has 0 aliphatic carbocycles. The molecule has 0 fully saturated rings. The highest BCUT2D eigenvalue weighted by Crippen LogP contribution is 2.10. The summed E-state index contributed by atoms with van der Waals surface area (Å²) in [5, 5.41) is 3.59. The predicted molar refractivity (Wildman–Crippen MR) is 61.4 cm³/mol. The van der Waals surface area contributed by atoms with Crippen molar-refractivity contribution >= 4 is 17.5 Å². The fraction of sp³-hybridized carbons (Fsp3) is 0.600. The van der Waals surface area contributed by atoms with E-state index in [-0.39, 0.29) is 0 Å². The zero-order valence-corrected chi connectivity index (χ0v) is 9.84. The number of anilines is 1. The Kier molecular flexibility index (Phi) is 5.36. The molecule has 5 heteroatoms. The predicted octanol–water partition coefficient (Wildman–Crippen LogP) is 2.14. The quantitative estimate of drug-likeness (QED) is 0.600. The number of aryl methyl sites for hydroxylation is 1. The van der Waals surface area contributed by atoms with E-state index in [1.165, 1.54) is 0 Å². The van der Waals surface area contributed by atoms with Crippen LogP contribution in [0.2, 0.25) is 5.15 Å². The third-order valence-electron chi connectivity index (χ3n) is 1.92. The Labute approximate surface area is 95.0 Å². The number of rotatable bonds is 6. The van der Waals surface area contributed by atoms with Gasteiger partial charge in [-0.15, -0.1) is 0 Å². The van der Waals surface area contributed by atoms with Crippen LogP contribution in [0.15, 0.2) is 6.07 Å². The Bertz CT molecular complexity index is 307. The molecule has 1 aromatic rings. The number of nitrogens with zero attached hydrogens (tertiary/aromatic N) is 2. The van der Waals surface area contributed by atoms with Crippen LogP contribution in [0.5, 0.6) is 0 Å². The lowest BCUT2D eigenvalue weighted by atomic mass is 10.3. The minimum Gasteiger partial charge on any atom is -0.385 e. The SMILES string of the molecule is CCc1cc(Cl)nc(NCCCOC)n1. The Morgan fingerprint density at radius 2 is 2.27 bits per heavy atom. The van der Waals surface area contributed by atoms with Crippen molar-refractivity contribution in [2.24, 2.45) is 0 Å². The number of nitrogens with one attached hydrogen (secondary N) is 1. The fourth-order valence-electron chi connectivity index (χ4n) is 1.14. The highest BCUT2D eigenvalue weighted by atomic mass is 35.5. The molecular weight excluding hydrogens is 214 g/mol. The zero-order valence-electron chi connectivity index (χ0n) is 9.09. The summed E-state index contributed by atoms with van der Waals surface area (Å²) in [5.74, 6) is 0.593. The molecule has 0 aromatic carbocycles. The molecule has 0 aliphatic heterocycles. The molecule has 0 amide bonds. The lowest BCUT2D eigenvalue weighted by Gasteiger charge is -2.06. The maximum Gasteiger partial charge on any atom is 0.224 e. The van der Waals surface area contributed by atoms with Crippen LogP contribution >= 0.6 is 11.6 Å². The van der Waals surface area contributed by atoms with E-state index in [1.54, 1.807) is 13.2 Å². The molecule has 0 radical (unpaired) electrons. The Hall–Kier alpha value is -0.870. The second kappa shape index (κ2) is 6.58. The van der Waals surface area contributed by atoms with Crippen molar-refractivity contribution in [1.82, 2.24) is 9.97 Å². The number of hydrogen-bond acceptors (Lipinski definition) is 4. The summed E-state index contributed by atoms with van der Waals surface area (Å²) in [6.07, 6.45) is 1.78. The first-order valence-corrected chi connectivity index (χ1v) is 5.40. The third-order valence-corrected chi connectivity index (χ3v) is 2.11. The van der Waals surface area contributed by atoms with Crippen LogP contribution in [-0.2, 0) is 11.2 Å². The average Bonchev–Trinajstić information content (AvgIpc) is 2.23. The Morgan fingerprint density at radius 1 is 1.47 bits per heavy atom. The molecule has 1 N–H and O–H groups in total. The van der Waals surface area contributed by atoms with Gasteiger partial charge in [0.15, 0.2) is 0 Å². The van der Waals surface area contributed by atoms with Crippen molar-refractivity contribution in [3.63, 3.8) is 0 Å². The van der Waals surface area contributed by atoms with Crippen molar-refractivity contribution < 1.29 is 4.74 Å². The first-order chi connectivity index (χ1) is 7.26. The summed E-state index contributed by atoms with van der Waals surface area (Å²) in [5.41, 5.74) is 0.948. The molecule has 0 bridgehead atoms. The molecule has 0 saturated heterocycles. The molecule has 0 unspecified atom stereocenters. The largest absolute Gasteiger partial charge is 0.385 e. The van der Waals surface area contributed by atoms with Crippen molar-refractivity contribution in [3.05, 3.63) is 16.9 Å². The van der Waals surface area contributed by atoms with Gasteiger partial charge in [0.1, 0.15) is 5.15 Å². The second-order valence-corrected chi connectivity index (χ2v) is 3.52. The fourth-order valence-corrected chi connectivity index (χ4v) is 1.35. The summed E-state index contributed by atoms with van der Waals surface area (Å²) in [7, 11) is 1.69. The molecule has 4 nitrogen and oxygen atoms in total. The number of hydrogen-bond donors (Lipinski definition) is 1. The first kappa shape index (κ1) is 12.2. The lowest BCUT2D eigenvalue weighted by molar-refractivity contribution is 0.197. The van der Waals surface area contributed by atoms with Crippen LogP contribution in [0.1, 0.15) is 19.0 Å². The molecule has 84 valence electrons. The highest BCUT2D eigenvalue weighted by Gasteiger charge is 2.00. The van der Waals surface area contributed by atoms with Crippen LogP contribution in [-0.4, -0.2) is 30.2 Å². The lowest BCUT2D eigenvalue weighted by Crippen LogP contribution is -2.08.